The number of amides is 1. The van der Waals surface area contributed by atoms with Crippen LogP contribution in [0, 0.1) is 14.9 Å². The molecule has 156 valence electrons. The lowest BCUT2D eigenvalue weighted by Gasteiger charge is -2.35. The average molecular weight is 440 g/mol. The molecule has 0 spiro atoms. The van der Waals surface area contributed by atoms with Crippen LogP contribution in [0.5, 0.6) is 0 Å². The first-order chi connectivity index (χ1) is 13.8. The Hall–Kier alpha value is -2.50. The number of hydrogen-bond acceptors (Lipinski definition) is 7. The molecular weight excluding hydrogens is 418 g/mol. The molecule has 0 unspecified atom stereocenters. The molecule has 0 radical (unpaired) electrons. The molecule has 0 saturated carbocycles. The molecule has 1 saturated heterocycles. The molecule has 1 aromatic carbocycles. The largest absolute Gasteiger partial charge is 0.370 e. The predicted molar refractivity (Wildman–Crippen MR) is 111 cm³/mol. The van der Waals surface area contributed by atoms with Gasteiger partial charge >= 0.3 is 0 Å². The number of rotatable bonds is 7. The van der Waals surface area contributed by atoms with Crippen molar-refractivity contribution in [3.05, 3.63) is 43.9 Å². The van der Waals surface area contributed by atoms with Crippen molar-refractivity contribution >= 4 is 41.1 Å². The highest BCUT2D eigenvalue weighted by molar-refractivity contribution is 7.71. The number of benzene rings is 1. The quantitative estimate of drug-likeness (QED) is 0.396. The summed E-state index contributed by atoms with van der Waals surface area (Å²) in [6.45, 7) is 3.19. The lowest BCUT2D eigenvalue weighted by atomic mass is 10.2. The van der Waals surface area contributed by atoms with E-state index in [2.05, 4.69) is 10.00 Å². The van der Waals surface area contributed by atoms with Crippen LogP contribution in [0.3, 0.4) is 0 Å². The molecule has 10 nitrogen and oxygen atoms in total. The van der Waals surface area contributed by atoms with Crippen molar-refractivity contribution in [2.75, 3.05) is 31.1 Å². The molecular formula is C17H22ClN7O3S. The van der Waals surface area contributed by atoms with E-state index >= 15 is 0 Å². The molecule has 1 amide bonds. The third kappa shape index (κ3) is 4.92. The molecule has 2 heterocycles. The summed E-state index contributed by atoms with van der Waals surface area (Å²) in [6.07, 6.45) is 0.661. The lowest BCUT2D eigenvalue weighted by molar-refractivity contribution is -0.384. The van der Waals surface area contributed by atoms with E-state index < -0.39 is 4.92 Å². The first-order valence-corrected chi connectivity index (χ1v) is 9.87. The number of carbonyl (C=O) groups is 1. The zero-order valence-corrected chi connectivity index (χ0v) is 17.5. The molecule has 3 rings (SSSR count). The van der Waals surface area contributed by atoms with Gasteiger partial charge in [-0.15, -0.1) is 0 Å². The number of aryl methyl sites for hydroxylation is 1. The maximum Gasteiger partial charge on any atom is 0.294 e. The Kier molecular flexibility index (Phi) is 6.50. The number of hydrogen-bond donors (Lipinski definition) is 1. The first kappa shape index (κ1) is 21.2. The predicted octanol–water partition coefficient (Wildman–Crippen LogP) is 1.71. The number of carbonyl (C=O) groups excluding carboxylic acids is 1. The monoisotopic (exact) mass is 439 g/mol. The first-order valence-electron chi connectivity index (χ1n) is 9.08. The number of primary amides is 1. The number of nitro groups is 1. The van der Waals surface area contributed by atoms with E-state index in [1.807, 2.05) is 11.9 Å². The minimum atomic E-state index is -0.408. The van der Waals surface area contributed by atoms with Gasteiger partial charge in [-0.1, -0.05) is 11.6 Å². The van der Waals surface area contributed by atoms with Crippen molar-refractivity contribution < 1.29 is 9.72 Å². The van der Waals surface area contributed by atoms with E-state index in [-0.39, 0.29) is 18.0 Å². The molecule has 1 aromatic heterocycles. The van der Waals surface area contributed by atoms with Gasteiger partial charge in [-0.25, -0.2) is 4.68 Å². The van der Waals surface area contributed by atoms with Gasteiger partial charge in [0.25, 0.3) is 5.69 Å². The molecule has 2 aromatic rings. The molecule has 2 N–H and O–H groups in total. The fourth-order valence-corrected chi connectivity index (χ4v) is 3.68. The number of piperazine rings is 1. The summed E-state index contributed by atoms with van der Waals surface area (Å²) in [5, 5.41) is 16.2. The number of aromatic nitrogens is 3. The standard InChI is InChI=1S/C17H22ClN7O3S/c1-21-16(5-4-15(19)26)20-24(17(21)29)11-22-6-8-23(9-7-22)13-3-2-12(18)10-14(13)25(27)28/h2-3,10H,4-9,11H2,1H3,(H2,19,26). The highest BCUT2D eigenvalue weighted by atomic mass is 35.5. The smallest absolute Gasteiger partial charge is 0.294 e. The summed E-state index contributed by atoms with van der Waals surface area (Å²) in [5.74, 6) is 0.335. The molecule has 1 aliphatic heterocycles. The molecule has 12 heteroatoms. The van der Waals surface area contributed by atoms with Crippen LogP contribution in [-0.2, 0) is 24.9 Å². The second-order valence-corrected chi connectivity index (χ2v) is 7.66. The molecule has 29 heavy (non-hydrogen) atoms. The zero-order valence-electron chi connectivity index (χ0n) is 16.0. The van der Waals surface area contributed by atoms with Crippen molar-refractivity contribution in [3.8, 4) is 0 Å². The Morgan fingerprint density at radius 1 is 1.34 bits per heavy atom. The van der Waals surface area contributed by atoms with E-state index in [4.69, 9.17) is 29.6 Å². The van der Waals surface area contributed by atoms with Crippen LogP contribution in [0.15, 0.2) is 18.2 Å². The number of halogens is 1. The molecule has 1 aliphatic rings. The van der Waals surface area contributed by atoms with Crippen molar-refractivity contribution in [1.29, 1.82) is 0 Å². The van der Waals surface area contributed by atoms with Gasteiger partial charge in [0.2, 0.25) is 5.91 Å². The Bertz CT molecular complexity index is 982. The van der Waals surface area contributed by atoms with Crippen LogP contribution < -0.4 is 10.6 Å². The van der Waals surface area contributed by atoms with E-state index in [9.17, 15) is 14.9 Å². The maximum atomic E-state index is 11.3. The normalized spacial score (nSPS) is 14.9. The number of nitrogens with two attached hydrogens (primary N) is 1. The van der Waals surface area contributed by atoms with E-state index in [1.165, 1.54) is 6.07 Å². The van der Waals surface area contributed by atoms with Crippen LogP contribution in [0.25, 0.3) is 0 Å². The summed E-state index contributed by atoms with van der Waals surface area (Å²) in [5.41, 5.74) is 5.79. The Labute approximate surface area is 177 Å². The van der Waals surface area contributed by atoms with Crippen molar-refractivity contribution in [1.82, 2.24) is 19.2 Å². The summed E-state index contributed by atoms with van der Waals surface area (Å²) in [4.78, 5) is 26.1. The number of nitro benzene ring substituents is 1. The van der Waals surface area contributed by atoms with Gasteiger partial charge in [0.15, 0.2) is 4.77 Å². The van der Waals surface area contributed by atoms with Gasteiger partial charge in [-0.3, -0.25) is 19.8 Å². The van der Waals surface area contributed by atoms with Gasteiger partial charge in [-0.05, 0) is 24.4 Å². The minimum Gasteiger partial charge on any atom is -0.370 e. The third-order valence-electron chi connectivity index (χ3n) is 4.91. The summed E-state index contributed by atoms with van der Waals surface area (Å²) in [6, 6.07) is 4.73. The Morgan fingerprint density at radius 3 is 2.66 bits per heavy atom. The summed E-state index contributed by atoms with van der Waals surface area (Å²) < 4.78 is 4.08. The van der Waals surface area contributed by atoms with E-state index in [1.54, 1.807) is 21.4 Å². The highest BCUT2D eigenvalue weighted by Gasteiger charge is 2.24. The third-order valence-corrected chi connectivity index (χ3v) is 5.63. The Morgan fingerprint density at radius 2 is 2.03 bits per heavy atom. The lowest BCUT2D eigenvalue weighted by Crippen LogP contribution is -2.47. The molecule has 1 fully saturated rings. The van der Waals surface area contributed by atoms with Crippen molar-refractivity contribution in [2.24, 2.45) is 12.8 Å². The maximum absolute atomic E-state index is 11.3. The van der Waals surface area contributed by atoms with Gasteiger partial charge in [0, 0.05) is 57.2 Å². The minimum absolute atomic E-state index is 0.0111. The van der Waals surface area contributed by atoms with Crippen molar-refractivity contribution in [3.63, 3.8) is 0 Å². The number of nitrogens with zero attached hydrogens (tertiary/aromatic N) is 6. The van der Waals surface area contributed by atoms with Crippen molar-refractivity contribution in [2.45, 2.75) is 19.5 Å². The summed E-state index contributed by atoms with van der Waals surface area (Å²) in [7, 11) is 1.82. The second-order valence-electron chi connectivity index (χ2n) is 6.86. The zero-order chi connectivity index (χ0) is 21.1. The summed E-state index contributed by atoms with van der Waals surface area (Å²) >= 11 is 11.3. The van der Waals surface area contributed by atoms with Crippen LogP contribution in [0.1, 0.15) is 12.2 Å². The molecule has 0 bridgehead atoms. The van der Waals surface area contributed by atoms with Crippen LogP contribution in [0.2, 0.25) is 5.02 Å². The molecule has 0 aliphatic carbocycles. The van der Waals surface area contributed by atoms with E-state index in [0.717, 1.165) is 0 Å². The second kappa shape index (κ2) is 8.89. The Balaban J connectivity index is 1.65. The van der Waals surface area contributed by atoms with Crippen LogP contribution >= 0.6 is 23.8 Å². The topological polar surface area (TPSA) is 115 Å². The van der Waals surface area contributed by atoms with Gasteiger partial charge in [-0.2, -0.15) is 5.10 Å². The SMILES string of the molecule is Cn1c(CCC(N)=O)nn(CN2CCN(c3ccc(Cl)cc3[N+](=O)[O-])CC2)c1=S. The fraction of sp³-hybridized carbons (Fsp3) is 0.471. The number of anilines is 1. The molecule has 0 atom stereocenters. The van der Waals surface area contributed by atoms with Gasteiger partial charge in [0.1, 0.15) is 11.5 Å². The van der Waals surface area contributed by atoms with Crippen LogP contribution in [0.4, 0.5) is 11.4 Å². The van der Waals surface area contributed by atoms with E-state index in [0.29, 0.717) is 60.6 Å². The average Bonchev–Trinajstić information content (AvgIpc) is 2.95. The fourth-order valence-electron chi connectivity index (χ4n) is 3.31. The van der Waals surface area contributed by atoms with Crippen LogP contribution in [-0.4, -0.2) is 56.3 Å². The van der Waals surface area contributed by atoms with Gasteiger partial charge < -0.3 is 15.2 Å². The highest BCUT2D eigenvalue weighted by Crippen LogP contribution is 2.31. The van der Waals surface area contributed by atoms with Gasteiger partial charge in [0.05, 0.1) is 11.6 Å².